The first-order valence-electron chi connectivity index (χ1n) is 11.8. The van der Waals surface area contributed by atoms with E-state index in [1.807, 2.05) is 0 Å². The predicted molar refractivity (Wildman–Crippen MR) is 125 cm³/mol. The van der Waals surface area contributed by atoms with E-state index in [0.717, 1.165) is 49.9 Å². The summed E-state index contributed by atoms with van der Waals surface area (Å²) in [5.74, 6) is -0.400. The molecule has 0 bridgehead atoms. The highest BCUT2D eigenvalue weighted by molar-refractivity contribution is 7.14. The summed E-state index contributed by atoms with van der Waals surface area (Å²) in [6.45, 7) is 0. The predicted octanol–water partition coefficient (Wildman–Crippen LogP) is 4.01. The van der Waals surface area contributed by atoms with Crippen molar-refractivity contribution in [3.05, 3.63) is 27.3 Å². The van der Waals surface area contributed by atoms with Crippen molar-refractivity contribution >= 4 is 28.3 Å². The third-order valence-electron chi connectivity index (χ3n) is 6.97. The second kappa shape index (κ2) is 10.5. The lowest BCUT2D eigenvalue weighted by Crippen LogP contribution is -2.33. The third-order valence-corrected chi connectivity index (χ3v) is 7.72. The number of ether oxygens (including phenoxy) is 1. The van der Waals surface area contributed by atoms with E-state index >= 15 is 0 Å². The zero-order valence-electron chi connectivity index (χ0n) is 19.0. The molecule has 33 heavy (non-hydrogen) atoms. The highest BCUT2D eigenvalue weighted by Crippen LogP contribution is 2.35. The number of carbonyl (C=O) groups excluding carboxylic acids is 2. The summed E-state index contributed by atoms with van der Waals surface area (Å²) in [4.78, 5) is 44.8. The Kier molecular flexibility index (Phi) is 7.52. The minimum atomic E-state index is -0.859. The number of nitrogens with one attached hydrogen (secondary N) is 2. The summed E-state index contributed by atoms with van der Waals surface area (Å²) >= 11 is 1.11. The van der Waals surface area contributed by atoms with Crippen molar-refractivity contribution in [1.29, 1.82) is 0 Å². The van der Waals surface area contributed by atoms with Crippen LogP contribution in [-0.4, -0.2) is 38.6 Å². The molecule has 0 aliphatic heterocycles. The maximum Gasteiger partial charge on any atom is 0.357 e. The molecule has 1 atom stereocenters. The lowest BCUT2D eigenvalue weighted by Gasteiger charge is -2.22. The van der Waals surface area contributed by atoms with E-state index < -0.39 is 23.6 Å². The Balaban J connectivity index is 1.57. The van der Waals surface area contributed by atoms with Gasteiger partial charge in [0.2, 0.25) is 11.8 Å². The molecule has 180 valence electrons. The molecule has 2 aliphatic rings. The Bertz CT molecular complexity index is 1030. The minimum absolute atomic E-state index is 0.113. The average Bonchev–Trinajstić information content (AvgIpc) is 3.55. The van der Waals surface area contributed by atoms with Gasteiger partial charge in [-0.1, -0.05) is 57.8 Å². The van der Waals surface area contributed by atoms with Crippen LogP contribution in [0.2, 0.25) is 0 Å². The molecular weight excluding hydrogens is 444 g/mol. The van der Waals surface area contributed by atoms with Crippen LogP contribution in [0.25, 0.3) is 0 Å². The van der Waals surface area contributed by atoms with Gasteiger partial charge in [0.1, 0.15) is 6.04 Å². The number of methoxy groups -OCH3 is 1. The number of anilines is 1. The summed E-state index contributed by atoms with van der Waals surface area (Å²) in [5.41, 5.74) is 0.158. The minimum Gasteiger partial charge on any atom is -0.493 e. The fourth-order valence-electron chi connectivity index (χ4n) is 5.21. The molecule has 9 nitrogen and oxygen atoms in total. The fourth-order valence-corrected chi connectivity index (χ4v) is 5.89. The monoisotopic (exact) mass is 476 g/mol. The summed E-state index contributed by atoms with van der Waals surface area (Å²) < 4.78 is 5.88. The molecule has 0 unspecified atom stereocenters. The van der Waals surface area contributed by atoms with Gasteiger partial charge in [-0.3, -0.25) is 9.36 Å². The summed E-state index contributed by atoms with van der Waals surface area (Å²) in [5, 5.41) is 15.5. The van der Waals surface area contributed by atoms with Crippen LogP contribution in [0, 0.1) is 11.8 Å². The van der Waals surface area contributed by atoms with Crippen LogP contribution in [0.1, 0.15) is 86.4 Å². The van der Waals surface area contributed by atoms with Crippen molar-refractivity contribution in [3.63, 3.8) is 0 Å². The van der Waals surface area contributed by atoms with Gasteiger partial charge in [-0.25, -0.2) is 14.6 Å². The van der Waals surface area contributed by atoms with E-state index in [2.05, 4.69) is 20.0 Å². The van der Waals surface area contributed by atoms with E-state index in [1.165, 1.54) is 36.3 Å². The van der Waals surface area contributed by atoms with Gasteiger partial charge < -0.3 is 20.1 Å². The van der Waals surface area contributed by atoms with Crippen molar-refractivity contribution < 1.29 is 19.4 Å². The molecule has 2 heterocycles. The summed E-state index contributed by atoms with van der Waals surface area (Å²) in [7, 11) is 1.27. The Morgan fingerprint density at radius 2 is 1.88 bits per heavy atom. The highest BCUT2D eigenvalue weighted by atomic mass is 32.1. The molecule has 2 aliphatic carbocycles. The summed E-state index contributed by atoms with van der Waals surface area (Å²) in [6.07, 6.45) is 11.0. The number of H-pyrrole nitrogens is 1. The third kappa shape index (κ3) is 5.48. The second-order valence-corrected chi connectivity index (χ2v) is 10.1. The average molecular weight is 477 g/mol. The number of hydrogen-bond acceptors (Lipinski definition) is 7. The number of carbonyl (C=O) groups is 2. The first-order chi connectivity index (χ1) is 16.0. The Morgan fingerprint density at radius 3 is 2.58 bits per heavy atom. The standard InChI is InChI=1S/C23H32N4O5S/c1-32-21(30)17-13-33-22(24-17)26-19(28)18(12-15-9-5-6-10-15)27-20(29)16(25-23(27)31)11-14-7-3-2-4-8-14/h13-15,18,29H,2-12H2,1H3,(H,25,31)(H,24,26,28)/t18-/m0/s1. The van der Waals surface area contributed by atoms with Crippen molar-refractivity contribution in [2.75, 3.05) is 12.4 Å². The van der Waals surface area contributed by atoms with Crippen molar-refractivity contribution in [1.82, 2.24) is 14.5 Å². The van der Waals surface area contributed by atoms with Gasteiger partial charge in [-0.2, -0.15) is 0 Å². The number of hydrogen-bond donors (Lipinski definition) is 3. The number of aromatic hydroxyl groups is 1. The molecule has 4 rings (SSSR count). The van der Waals surface area contributed by atoms with Crippen molar-refractivity contribution in [2.24, 2.45) is 11.8 Å². The van der Waals surface area contributed by atoms with E-state index in [1.54, 1.807) is 0 Å². The van der Waals surface area contributed by atoms with E-state index in [4.69, 9.17) is 0 Å². The van der Waals surface area contributed by atoms with Crippen LogP contribution >= 0.6 is 11.3 Å². The lowest BCUT2D eigenvalue weighted by molar-refractivity contribution is -0.120. The molecule has 2 aromatic heterocycles. The molecule has 0 radical (unpaired) electrons. The topological polar surface area (TPSA) is 126 Å². The molecule has 0 aromatic carbocycles. The van der Waals surface area contributed by atoms with Crippen LogP contribution in [0.3, 0.4) is 0 Å². The maximum atomic E-state index is 13.3. The van der Waals surface area contributed by atoms with Gasteiger partial charge in [0.25, 0.3) is 0 Å². The molecule has 2 fully saturated rings. The SMILES string of the molecule is COC(=O)c1csc(NC(=O)[C@H](CC2CCCC2)n2c(O)c(CC3CCCCC3)[nH]c2=O)n1. The van der Waals surface area contributed by atoms with Gasteiger partial charge in [0.15, 0.2) is 10.8 Å². The van der Waals surface area contributed by atoms with Crippen LogP contribution in [0.4, 0.5) is 5.13 Å². The van der Waals surface area contributed by atoms with Gasteiger partial charge in [-0.15, -0.1) is 11.3 Å². The van der Waals surface area contributed by atoms with Crippen molar-refractivity contribution in [3.8, 4) is 5.88 Å². The van der Waals surface area contributed by atoms with Gasteiger partial charge in [0, 0.05) is 5.38 Å². The zero-order valence-corrected chi connectivity index (χ0v) is 19.8. The van der Waals surface area contributed by atoms with Crippen molar-refractivity contribution in [2.45, 2.75) is 76.7 Å². The molecule has 3 N–H and O–H groups in total. The molecular formula is C23H32N4O5S. The Hall–Kier alpha value is -2.62. The van der Waals surface area contributed by atoms with Gasteiger partial charge in [0.05, 0.1) is 12.8 Å². The first-order valence-corrected chi connectivity index (χ1v) is 12.7. The second-order valence-electron chi connectivity index (χ2n) is 9.23. The molecule has 10 heteroatoms. The Labute approximate surface area is 196 Å². The molecule has 0 spiro atoms. The number of aromatic amines is 1. The number of esters is 1. The van der Waals surface area contributed by atoms with Crippen LogP contribution in [-0.2, 0) is 16.0 Å². The normalized spacial score (nSPS) is 18.3. The number of aromatic nitrogens is 3. The van der Waals surface area contributed by atoms with Crippen LogP contribution in [0.5, 0.6) is 5.88 Å². The Morgan fingerprint density at radius 1 is 1.21 bits per heavy atom. The fraction of sp³-hybridized carbons (Fsp3) is 0.652. The first kappa shape index (κ1) is 23.5. The highest BCUT2D eigenvalue weighted by Gasteiger charge is 2.32. The van der Waals surface area contributed by atoms with Crippen LogP contribution in [0.15, 0.2) is 10.2 Å². The largest absolute Gasteiger partial charge is 0.493 e. The number of thiazole rings is 1. The quantitative estimate of drug-likeness (QED) is 0.494. The smallest absolute Gasteiger partial charge is 0.357 e. The number of amides is 1. The lowest BCUT2D eigenvalue weighted by atomic mass is 9.86. The number of nitrogens with zero attached hydrogens (tertiary/aromatic N) is 2. The molecule has 1 amide bonds. The number of imidazole rings is 1. The molecule has 0 saturated heterocycles. The molecule has 2 saturated carbocycles. The van der Waals surface area contributed by atoms with E-state index in [0.29, 0.717) is 30.4 Å². The maximum absolute atomic E-state index is 13.3. The van der Waals surface area contributed by atoms with Crippen LogP contribution < -0.4 is 11.0 Å². The van der Waals surface area contributed by atoms with E-state index in [9.17, 15) is 19.5 Å². The van der Waals surface area contributed by atoms with Gasteiger partial charge >= 0.3 is 11.7 Å². The van der Waals surface area contributed by atoms with Gasteiger partial charge in [-0.05, 0) is 24.7 Å². The number of rotatable bonds is 8. The molecule has 2 aromatic rings. The zero-order chi connectivity index (χ0) is 23.4. The van der Waals surface area contributed by atoms with E-state index in [-0.39, 0.29) is 16.7 Å². The summed E-state index contributed by atoms with van der Waals surface area (Å²) in [6, 6.07) is -0.859.